The lowest BCUT2D eigenvalue weighted by Crippen LogP contribution is -2.29. The fourth-order valence-corrected chi connectivity index (χ4v) is 2.61. The van der Waals surface area contributed by atoms with Crippen LogP contribution in [-0.2, 0) is 4.79 Å². The largest absolute Gasteiger partial charge is 0.358 e. The lowest BCUT2D eigenvalue weighted by Gasteiger charge is -2.04. The van der Waals surface area contributed by atoms with Crippen molar-refractivity contribution in [1.29, 1.82) is 0 Å². The van der Waals surface area contributed by atoms with Crippen LogP contribution in [0.15, 0.2) is 30.3 Å². The minimum absolute atomic E-state index is 0.175. The predicted octanol–water partition coefficient (Wildman–Crippen LogP) is 2.14. The summed E-state index contributed by atoms with van der Waals surface area (Å²) in [6.45, 7) is 1.29. The van der Waals surface area contributed by atoms with Crippen LogP contribution >= 0.6 is 11.3 Å². The Balaban J connectivity index is 1.46. The van der Waals surface area contributed by atoms with E-state index in [0.29, 0.717) is 13.1 Å². The first-order valence-corrected chi connectivity index (χ1v) is 7.55. The quantitative estimate of drug-likeness (QED) is 0.799. The lowest BCUT2D eigenvalue weighted by molar-refractivity contribution is -0.122. The third kappa shape index (κ3) is 3.33. The Labute approximate surface area is 121 Å². The highest BCUT2D eigenvalue weighted by Gasteiger charge is 2.28. The van der Waals surface area contributed by atoms with Crippen molar-refractivity contribution in [3.63, 3.8) is 0 Å². The number of nitrogens with zero attached hydrogens (tertiary/aromatic N) is 2. The van der Waals surface area contributed by atoms with Gasteiger partial charge in [0.05, 0.1) is 0 Å². The summed E-state index contributed by atoms with van der Waals surface area (Å²) in [6, 6.07) is 9.97. The lowest BCUT2D eigenvalue weighted by atomic mass is 10.2. The van der Waals surface area contributed by atoms with E-state index in [1.54, 1.807) is 0 Å². The summed E-state index contributed by atoms with van der Waals surface area (Å²) in [7, 11) is 0. The molecule has 2 N–H and O–H groups in total. The average Bonchev–Trinajstić information content (AvgIpc) is 3.23. The van der Waals surface area contributed by atoms with E-state index in [4.69, 9.17) is 0 Å². The molecule has 2 aromatic rings. The van der Waals surface area contributed by atoms with Crippen LogP contribution in [0.2, 0.25) is 0 Å². The Morgan fingerprint density at radius 1 is 1.20 bits per heavy atom. The number of aromatic nitrogens is 2. The molecule has 0 bridgehead atoms. The molecule has 0 saturated heterocycles. The molecule has 1 aromatic heterocycles. The number of rotatable bonds is 6. The van der Waals surface area contributed by atoms with Crippen LogP contribution in [0, 0.1) is 5.92 Å². The minimum atomic E-state index is 0.175. The van der Waals surface area contributed by atoms with Gasteiger partial charge < -0.3 is 10.6 Å². The van der Waals surface area contributed by atoms with E-state index < -0.39 is 0 Å². The Morgan fingerprint density at radius 3 is 2.75 bits per heavy atom. The summed E-state index contributed by atoms with van der Waals surface area (Å²) in [5.74, 6) is 0.440. The molecular weight excluding hydrogens is 272 g/mol. The molecule has 1 amide bonds. The van der Waals surface area contributed by atoms with Gasteiger partial charge >= 0.3 is 0 Å². The maximum absolute atomic E-state index is 11.4. The summed E-state index contributed by atoms with van der Waals surface area (Å²) in [4.78, 5) is 11.4. The molecule has 1 aliphatic carbocycles. The second-order valence-corrected chi connectivity index (χ2v) is 5.75. The van der Waals surface area contributed by atoms with Crippen molar-refractivity contribution in [2.75, 3.05) is 18.4 Å². The van der Waals surface area contributed by atoms with Gasteiger partial charge in [0.25, 0.3) is 0 Å². The molecule has 1 aliphatic rings. The highest BCUT2D eigenvalue weighted by Crippen LogP contribution is 2.28. The third-order valence-corrected chi connectivity index (χ3v) is 4.02. The molecule has 0 radical (unpaired) electrons. The monoisotopic (exact) mass is 288 g/mol. The molecule has 0 spiro atoms. The van der Waals surface area contributed by atoms with Crippen LogP contribution in [0.4, 0.5) is 5.13 Å². The Kier molecular flexibility index (Phi) is 3.92. The standard InChI is InChI=1S/C14H16N4OS/c19-12(10-6-7-10)15-8-9-16-14-18-17-13(20-14)11-4-2-1-3-5-11/h1-5,10H,6-9H2,(H,15,19)(H,16,18). The van der Waals surface area contributed by atoms with E-state index in [0.717, 1.165) is 28.5 Å². The maximum Gasteiger partial charge on any atom is 0.223 e. The Bertz CT molecular complexity index is 580. The average molecular weight is 288 g/mol. The number of hydrogen-bond acceptors (Lipinski definition) is 5. The zero-order valence-corrected chi connectivity index (χ0v) is 11.8. The van der Waals surface area contributed by atoms with E-state index >= 15 is 0 Å². The summed E-state index contributed by atoms with van der Waals surface area (Å²) in [5, 5.41) is 16.0. The number of amides is 1. The summed E-state index contributed by atoms with van der Waals surface area (Å²) >= 11 is 1.52. The second kappa shape index (κ2) is 6.00. The van der Waals surface area contributed by atoms with Gasteiger partial charge in [-0.15, -0.1) is 10.2 Å². The highest BCUT2D eigenvalue weighted by molar-refractivity contribution is 7.18. The highest BCUT2D eigenvalue weighted by atomic mass is 32.1. The third-order valence-electron chi connectivity index (χ3n) is 3.09. The van der Waals surface area contributed by atoms with Crippen LogP contribution in [0.3, 0.4) is 0 Å². The molecule has 3 rings (SSSR count). The van der Waals surface area contributed by atoms with Crippen LogP contribution in [0.25, 0.3) is 10.6 Å². The summed E-state index contributed by atoms with van der Waals surface area (Å²) in [5.41, 5.74) is 1.07. The predicted molar refractivity (Wildman–Crippen MR) is 79.6 cm³/mol. The first-order chi connectivity index (χ1) is 9.83. The van der Waals surface area contributed by atoms with Gasteiger partial charge in [0, 0.05) is 24.6 Å². The molecule has 0 aliphatic heterocycles. The number of benzene rings is 1. The van der Waals surface area contributed by atoms with E-state index in [9.17, 15) is 4.79 Å². The fraction of sp³-hybridized carbons (Fsp3) is 0.357. The molecule has 0 unspecified atom stereocenters. The number of carbonyl (C=O) groups excluding carboxylic acids is 1. The van der Waals surface area contributed by atoms with Crippen molar-refractivity contribution in [1.82, 2.24) is 15.5 Å². The molecule has 5 nitrogen and oxygen atoms in total. The minimum Gasteiger partial charge on any atom is -0.358 e. The number of hydrogen-bond donors (Lipinski definition) is 2. The van der Waals surface area contributed by atoms with Crippen molar-refractivity contribution in [3.05, 3.63) is 30.3 Å². The molecule has 0 atom stereocenters. The fourth-order valence-electron chi connectivity index (χ4n) is 1.84. The van der Waals surface area contributed by atoms with Gasteiger partial charge in [0.1, 0.15) is 5.01 Å². The number of anilines is 1. The smallest absolute Gasteiger partial charge is 0.223 e. The summed E-state index contributed by atoms with van der Waals surface area (Å²) < 4.78 is 0. The van der Waals surface area contributed by atoms with E-state index in [2.05, 4.69) is 20.8 Å². The Hall–Kier alpha value is -1.95. The molecule has 1 heterocycles. The maximum atomic E-state index is 11.4. The topological polar surface area (TPSA) is 66.9 Å². The van der Waals surface area contributed by atoms with Gasteiger partial charge in [-0.2, -0.15) is 0 Å². The molecule has 6 heteroatoms. The molecule has 1 saturated carbocycles. The van der Waals surface area contributed by atoms with Crippen LogP contribution in [-0.4, -0.2) is 29.2 Å². The summed E-state index contributed by atoms with van der Waals surface area (Å²) in [6.07, 6.45) is 2.08. The molecule has 1 aromatic carbocycles. The zero-order chi connectivity index (χ0) is 13.8. The SMILES string of the molecule is O=C(NCCNc1nnc(-c2ccccc2)s1)C1CC1. The molecular formula is C14H16N4OS. The first kappa shape index (κ1) is 13.1. The van der Waals surface area contributed by atoms with Gasteiger partial charge in [0.15, 0.2) is 0 Å². The van der Waals surface area contributed by atoms with Crippen molar-refractivity contribution >= 4 is 22.4 Å². The first-order valence-electron chi connectivity index (χ1n) is 6.73. The molecule has 1 fully saturated rings. The second-order valence-electron chi connectivity index (χ2n) is 4.77. The van der Waals surface area contributed by atoms with Crippen molar-refractivity contribution in [2.24, 2.45) is 5.92 Å². The van der Waals surface area contributed by atoms with Crippen LogP contribution in [0.5, 0.6) is 0 Å². The van der Waals surface area contributed by atoms with Crippen LogP contribution < -0.4 is 10.6 Å². The van der Waals surface area contributed by atoms with E-state index in [-0.39, 0.29) is 11.8 Å². The van der Waals surface area contributed by atoms with Gasteiger partial charge in [0.2, 0.25) is 11.0 Å². The van der Waals surface area contributed by atoms with Gasteiger partial charge in [-0.05, 0) is 12.8 Å². The van der Waals surface area contributed by atoms with Crippen molar-refractivity contribution < 1.29 is 4.79 Å². The normalized spacial score (nSPS) is 14.0. The van der Waals surface area contributed by atoms with E-state index in [1.165, 1.54) is 11.3 Å². The van der Waals surface area contributed by atoms with E-state index in [1.807, 2.05) is 30.3 Å². The van der Waals surface area contributed by atoms with Crippen LogP contribution in [0.1, 0.15) is 12.8 Å². The number of carbonyl (C=O) groups is 1. The zero-order valence-electron chi connectivity index (χ0n) is 11.0. The van der Waals surface area contributed by atoms with Gasteiger partial charge in [-0.25, -0.2) is 0 Å². The van der Waals surface area contributed by atoms with Crippen molar-refractivity contribution in [2.45, 2.75) is 12.8 Å². The van der Waals surface area contributed by atoms with Gasteiger partial charge in [-0.1, -0.05) is 41.7 Å². The van der Waals surface area contributed by atoms with Crippen molar-refractivity contribution in [3.8, 4) is 10.6 Å². The Morgan fingerprint density at radius 2 is 2.00 bits per heavy atom. The van der Waals surface area contributed by atoms with Gasteiger partial charge in [-0.3, -0.25) is 4.79 Å². The number of nitrogens with one attached hydrogen (secondary N) is 2. The molecule has 20 heavy (non-hydrogen) atoms. The molecule has 104 valence electrons.